The van der Waals surface area contributed by atoms with Crippen LogP contribution < -0.4 is 0 Å². The molecule has 0 aromatic carbocycles. The summed E-state index contributed by atoms with van der Waals surface area (Å²) < 4.78 is 37.2. The summed E-state index contributed by atoms with van der Waals surface area (Å²) in [5, 5.41) is 84.5. The minimum Gasteiger partial charge on any atom is -0.394 e. The molecule has 8 rings (SSSR count). The molecule has 14 nitrogen and oxygen atoms in total. The average molecular weight is 757 g/mol. The van der Waals surface area contributed by atoms with Gasteiger partial charge in [0.15, 0.2) is 18.4 Å². The predicted octanol–water partition coefficient (Wildman–Crippen LogP) is 0.413. The van der Waals surface area contributed by atoms with Crippen LogP contribution in [-0.2, 0) is 28.4 Å². The van der Waals surface area contributed by atoms with E-state index in [1.165, 1.54) is 0 Å². The van der Waals surface area contributed by atoms with Crippen molar-refractivity contribution in [2.24, 2.45) is 52.3 Å². The summed E-state index contributed by atoms with van der Waals surface area (Å²) in [4.78, 5) is 0. The molecule has 0 amide bonds. The number of aliphatic hydroxyl groups excluding tert-OH is 8. The monoisotopic (exact) mass is 756 g/mol. The van der Waals surface area contributed by atoms with Crippen molar-refractivity contribution in [1.29, 1.82) is 0 Å². The Morgan fingerprint density at radius 3 is 2.08 bits per heavy atom. The summed E-state index contributed by atoms with van der Waals surface area (Å²) in [6.45, 7) is 8.96. The molecular formula is C39H64O14. The van der Waals surface area contributed by atoms with E-state index in [4.69, 9.17) is 28.4 Å². The normalized spacial score (nSPS) is 59.5. The van der Waals surface area contributed by atoms with Crippen LogP contribution in [0.5, 0.6) is 0 Å². The van der Waals surface area contributed by atoms with Crippen LogP contribution in [0.25, 0.3) is 0 Å². The Labute approximate surface area is 312 Å². The van der Waals surface area contributed by atoms with Gasteiger partial charge < -0.3 is 69.3 Å². The Kier molecular flexibility index (Phi) is 10.6. The highest BCUT2D eigenvalue weighted by molar-refractivity contribution is 5.16. The maximum atomic E-state index is 11.8. The third kappa shape index (κ3) is 6.20. The summed E-state index contributed by atoms with van der Waals surface area (Å²) in [5.41, 5.74) is 0.0762. The predicted molar refractivity (Wildman–Crippen MR) is 184 cm³/mol. The highest BCUT2D eigenvalue weighted by atomic mass is 16.8. The molecule has 8 aliphatic rings. The van der Waals surface area contributed by atoms with Crippen molar-refractivity contribution in [3.05, 3.63) is 0 Å². The van der Waals surface area contributed by atoms with E-state index in [0.717, 1.165) is 51.6 Å². The second kappa shape index (κ2) is 14.4. The zero-order valence-corrected chi connectivity index (χ0v) is 31.6. The maximum Gasteiger partial charge on any atom is 0.187 e. The quantitative estimate of drug-likeness (QED) is 0.173. The van der Waals surface area contributed by atoms with E-state index in [9.17, 15) is 40.9 Å². The van der Waals surface area contributed by atoms with Crippen molar-refractivity contribution >= 4 is 0 Å². The lowest BCUT2D eigenvalue weighted by atomic mass is 9.44. The Balaban J connectivity index is 0.962. The molecule has 0 aromatic heterocycles. The van der Waals surface area contributed by atoms with Gasteiger partial charge in [-0.05, 0) is 97.7 Å². The third-order valence-electron chi connectivity index (χ3n) is 16.2. The first kappa shape index (κ1) is 39.3. The first-order valence-electron chi connectivity index (χ1n) is 20.4. The van der Waals surface area contributed by atoms with Crippen LogP contribution in [0.15, 0.2) is 0 Å². The van der Waals surface area contributed by atoms with Gasteiger partial charge >= 0.3 is 0 Å². The van der Waals surface area contributed by atoms with Gasteiger partial charge in [-0.3, -0.25) is 0 Å². The molecule has 14 heteroatoms. The number of hydrogen-bond donors (Lipinski definition) is 8. The van der Waals surface area contributed by atoms with Crippen LogP contribution in [-0.4, -0.2) is 146 Å². The first-order valence-corrected chi connectivity index (χ1v) is 20.4. The van der Waals surface area contributed by atoms with E-state index in [0.29, 0.717) is 48.3 Å². The topological polar surface area (TPSA) is 217 Å². The molecule has 0 bridgehead atoms. The Morgan fingerprint density at radius 2 is 1.40 bits per heavy atom. The minimum atomic E-state index is -1.76. The van der Waals surface area contributed by atoms with Gasteiger partial charge in [-0.25, -0.2) is 0 Å². The van der Waals surface area contributed by atoms with E-state index in [1.807, 2.05) is 0 Å². The van der Waals surface area contributed by atoms with Gasteiger partial charge in [-0.2, -0.15) is 0 Å². The number of fused-ring (bicyclic) bond motifs is 7. The van der Waals surface area contributed by atoms with Crippen LogP contribution in [0.3, 0.4) is 0 Å². The van der Waals surface area contributed by atoms with E-state index in [-0.39, 0.29) is 22.9 Å². The smallest absolute Gasteiger partial charge is 0.187 e. The van der Waals surface area contributed by atoms with E-state index < -0.39 is 92.6 Å². The minimum absolute atomic E-state index is 0.111. The summed E-state index contributed by atoms with van der Waals surface area (Å²) in [7, 11) is 0. The molecular weight excluding hydrogens is 692 g/mol. The summed E-state index contributed by atoms with van der Waals surface area (Å²) in [6, 6.07) is 0. The average Bonchev–Trinajstić information content (AvgIpc) is 3.58. The maximum absolute atomic E-state index is 11.8. The molecule has 4 saturated carbocycles. The van der Waals surface area contributed by atoms with E-state index in [2.05, 4.69) is 27.7 Å². The Morgan fingerprint density at radius 1 is 0.698 bits per heavy atom. The summed E-state index contributed by atoms with van der Waals surface area (Å²) in [5.74, 6) is 2.78. The van der Waals surface area contributed by atoms with Crippen LogP contribution in [0.4, 0.5) is 0 Å². The van der Waals surface area contributed by atoms with Gasteiger partial charge in [0.2, 0.25) is 0 Å². The molecule has 8 N–H and O–H groups in total. The van der Waals surface area contributed by atoms with Gasteiger partial charge in [0.25, 0.3) is 0 Å². The molecule has 4 aliphatic carbocycles. The number of hydrogen-bond acceptors (Lipinski definition) is 14. The lowest BCUT2D eigenvalue weighted by Crippen LogP contribution is -2.65. The fraction of sp³-hybridized carbons (Fsp3) is 1.00. The van der Waals surface area contributed by atoms with Crippen LogP contribution in [0, 0.1) is 52.3 Å². The van der Waals surface area contributed by atoms with Gasteiger partial charge in [0.05, 0.1) is 38.1 Å². The standard InChI is InChI=1S/C39H64O14/c1-17-7-10-39(48-16-17)18(2)28-25(53-39)12-22-20-6-5-19-11-24(23(42)13-38(19,4)21(20)8-9-37(22,28)3)49-36-34(32(46)30(44)27(15-41)51-36)52-35-33(47)31(45)29(43)26(14-40)50-35/h17-36,40-47H,5-16H2,1-4H3/t17-,18+,19+,20+,21-,22-,23-,24+,25-,26+,27+,28-,29+,30-,31-,32-,33+,34+,35-,36+,37-,38-,39+/m0/s1. The van der Waals surface area contributed by atoms with Gasteiger partial charge in [0.1, 0.15) is 48.8 Å². The van der Waals surface area contributed by atoms with Gasteiger partial charge in [-0.1, -0.05) is 27.7 Å². The number of aliphatic hydroxyl groups is 8. The number of rotatable bonds is 6. The molecule has 0 unspecified atom stereocenters. The second-order valence-electron chi connectivity index (χ2n) is 18.9. The van der Waals surface area contributed by atoms with Crippen molar-refractivity contribution in [2.45, 2.75) is 171 Å². The molecule has 0 radical (unpaired) electrons. The fourth-order valence-electron chi connectivity index (χ4n) is 13.2. The molecule has 23 atom stereocenters. The van der Waals surface area contributed by atoms with Gasteiger partial charge in [-0.15, -0.1) is 0 Å². The Hall–Kier alpha value is -0.560. The largest absolute Gasteiger partial charge is 0.394 e. The molecule has 304 valence electrons. The zero-order chi connectivity index (χ0) is 37.8. The van der Waals surface area contributed by atoms with E-state index in [1.54, 1.807) is 0 Å². The zero-order valence-electron chi connectivity index (χ0n) is 31.6. The molecule has 0 aromatic rings. The molecule has 53 heavy (non-hydrogen) atoms. The summed E-state index contributed by atoms with van der Waals surface area (Å²) in [6.07, 6.45) is -8.11. The van der Waals surface area contributed by atoms with Crippen LogP contribution >= 0.6 is 0 Å². The second-order valence-corrected chi connectivity index (χ2v) is 18.9. The van der Waals surface area contributed by atoms with Crippen molar-refractivity contribution in [3.63, 3.8) is 0 Å². The number of ether oxygens (including phenoxy) is 6. The molecule has 4 aliphatic heterocycles. The van der Waals surface area contributed by atoms with Crippen LogP contribution in [0.1, 0.15) is 85.5 Å². The lowest BCUT2D eigenvalue weighted by molar-refractivity contribution is -0.376. The lowest BCUT2D eigenvalue weighted by Gasteiger charge is -2.62. The SMILES string of the molecule is C[C@H]1CC[C@@]2(OC1)O[C@H]1C[C@H]3[C@@H]4CC[C@@H]5C[C@@H](O[C@@H]6O[C@H](CO)[C@H](O)[C@H](O)[C@H]6O[C@@H]6O[C@H](CO)[C@@H](O)[C@H](O)[C@H]6O)[C@@H](O)C[C@]5(C)[C@H]4CC[C@]3(C)[C@H]1[C@H]2C. The summed E-state index contributed by atoms with van der Waals surface area (Å²) >= 11 is 0. The highest BCUT2D eigenvalue weighted by Crippen LogP contribution is 2.71. The van der Waals surface area contributed by atoms with Crippen molar-refractivity contribution in [3.8, 4) is 0 Å². The molecule has 4 heterocycles. The van der Waals surface area contributed by atoms with Crippen molar-refractivity contribution in [1.82, 2.24) is 0 Å². The molecule has 4 saturated heterocycles. The van der Waals surface area contributed by atoms with Crippen LogP contribution in [0.2, 0.25) is 0 Å². The van der Waals surface area contributed by atoms with E-state index >= 15 is 0 Å². The Bertz CT molecular complexity index is 1300. The third-order valence-corrected chi connectivity index (χ3v) is 16.2. The molecule has 8 fully saturated rings. The highest BCUT2D eigenvalue weighted by Gasteiger charge is 2.69. The van der Waals surface area contributed by atoms with Crippen molar-refractivity contribution < 1.29 is 69.3 Å². The van der Waals surface area contributed by atoms with Crippen molar-refractivity contribution in [2.75, 3.05) is 19.8 Å². The first-order chi connectivity index (χ1) is 25.2. The molecule has 1 spiro atoms. The fourth-order valence-corrected chi connectivity index (χ4v) is 13.2. The van der Waals surface area contributed by atoms with Gasteiger partial charge in [0, 0.05) is 12.3 Å².